The molecule has 1 saturated heterocycles. The molecule has 1 aromatic rings. The minimum Gasteiger partial charge on any atom is -0.355 e. The average Bonchev–Trinajstić information content (AvgIpc) is 2.52. The van der Waals surface area contributed by atoms with Crippen LogP contribution in [0.4, 0.5) is 0 Å². The number of nitrogens with one attached hydrogen (secondary N) is 2. The van der Waals surface area contributed by atoms with E-state index < -0.39 is 0 Å². The average molecular weight is 266 g/mol. The molecule has 1 aromatic heterocycles. The Morgan fingerprint density at radius 1 is 1.44 bits per heavy atom. The molecule has 0 radical (unpaired) electrons. The molecule has 18 heavy (non-hydrogen) atoms. The lowest BCUT2D eigenvalue weighted by atomic mass is 10.1. The first-order valence-corrected chi connectivity index (χ1v) is 7.50. The molecule has 0 saturated carbocycles. The van der Waals surface area contributed by atoms with Crippen LogP contribution in [0.2, 0.25) is 0 Å². The molecule has 1 aliphatic heterocycles. The fraction of sp³-hybridized carbons (Fsp3) is 0.643. The van der Waals surface area contributed by atoms with Crippen molar-refractivity contribution in [3.05, 3.63) is 21.4 Å². The van der Waals surface area contributed by atoms with Crippen molar-refractivity contribution in [1.29, 1.82) is 0 Å². The van der Waals surface area contributed by atoms with Gasteiger partial charge in [0.25, 0.3) is 0 Å². The van der Waals surface area contributed by atoms with Crippen molar-refractivity contribution in [1.82, 2.24) is 10.6 Å². The second-order valence-corrected chi connectivity index (χ2v) is 6.56. The predicted octanol–water partition coefficient (Wildman–Crippen LogP) is 2.68. The molecule has 100 valence electrons. The number of amides is 1. The molecule has 0 aliphatic carbocycles. The zero-order valence-electron chi connectivity index (χ0n) is 11.4. The maximum absolute atomic E-state index is 11.9. The number of thiophene rings is 1. The summed E-state index contributed by atoms with van der Waals surface area (Å²) in [5.74, 6) is 0.156. The van der Waals surface area contributed by atoms with Gasteiger partial charge in [0.1, 0.15) is 0 Å². The molecule has 1 amide bonds. The van der Waals surface area contributed by atoms with Gasteiger partial charge in [0, 0.05) is 22.3 Å². The van der Waals surface area contributed by atoms with E-state index in [-0.39, 0.29) is 18.0 Å². The fourth-order valence-corrected chi connectivity index (χ4v) is 3.59. The van der Waals surface area contributed by atoms with Crippen LogP contribution in [0.3, 0.4) is 0 Å². The van der Waals surface area contributed by atoms with Gasteiger partial charge in [0.05, 0.1) is 6.04 Å². The number of carbonyl (C=O) groups is 1. The highest BCUT2D eigenvalue weighted by molar-refractivity contribution is 7.12. The highest BCUT2D eigenvalue weighted by atomic mass is 32.1. The van der Waals surface area contributed by atoms with Crippen LogP contribution in [-0.4, -0.2) is 18.5 Å². The summed E-state index contributed by atoms with van der Waals surface area (Å²) < 4.78 is 0. The second kappa shape index (κ2) is 5.85. The van der Waals surface area contributed by atoms with E-state index in [1.807, 2.05) is 11.3 Å². The summed E-state index contributed by atoms with van der Waals surface area (Å²) >= 11 is 1.82. The molecule has 1 fully saturated rings. The summed E-state index contributed by atoms with van der Waals surface area (Å²) in [4.78, 5) is 14.6. The number of hydrogen-bond donors (Lipinski definition) is 2. The van der Waals surface area contributed by atoms with Crippen LogP contribution < -0.4 is 10.6 Å². The molecule has 2 unspecified atom stereocenters. The number of hydrogen-bond acceptors (Lipinski definition) is 3. The Morgan fingerprint density at radius 2 is 2.22 bits per heavy atom. The van der Waals surface area contributed by atoms with E-state index in [4.69, 9.17) is 0 Å². The topological polar surface area (TPSA) is 41.1 Å². The van der Waals surface area contributed by atoms with Crippen molar-refractivity contribution in [2.75, 3.05) is 6.54 Å². The molecule has 2 N–H and O–H groups in total. The second-order valence-electron chi connectivity index (χ2n) is 5.10. The molecular formula is C14H22N2OS. The molecule has 0 bridgehead atoms. The molecule has 0 spiro atoms. The lowest BCUT2D eigenvalue weighted by Gasteiger charge is -2.21. The van der Waals surface area contributed by atoms with Crippen LogP contribution in [0.1, 0.15) is 47.5 Å². The third kappa shape index (κ3) is 3.12. The summed E-state index contributed by atoms with van der Waals surface area (Å²) in [6.45, 7) is 7.25. The van der Waals surface area contributed by atoms with Crippen molar-refractivity contribution >= 4 is 17.2 Å². The van der Waals surface area contributed by atoms with Crippen molar-refractivity contribution in [2.24, 2.45) is 0 Å². The molecule has 4 heteroatoms. The Hall–Kier alpha value is -0.870. The smallest absolute Gasteiger partial charge is 0.237 e. The Morgan fingerprint density at radius 3 is 2.89 bits per heavy atom. The zero-order valence-corrected chi connectivity index (χ0v) is 12.2. The summed E-state index contributed by atoms with van der Waals surface area (Å²) in [6, 6.07) is 2.43. The summed E-state index contributed by atoms with van der Waals surface area (Å²) in [5, 5.41) is 6.45. The highest BCUT2D eigenvalue weighted by Crippen LogP contribution is 2.26. The van der Waals surface area contributed by atoms with Crippen LogP contribution in [0.5, 0.6) is 0 Å². The van der Waals surface area contributed by atoms with Gasteiger partial charge in [0.2, 0.25) is 5.91 Å². The van der Waals surface area contributed by atoms with Gasteiger partial charge >= 0.3 is 0 Å². The van der Waals surface area contributed by atoms with Crippen LogP contribution in [0, 0.1) is 13.8 Å². The Labute approximate surface area is 113 Å². The summed E-state index contributed by atoms with van der Waals surface area (Å²) in [6.07, 6.45) is 3.15. The lowest BCUT2D eigenvalue weighted by molar-refractivity contribution is -0.123. The predicted molar refractivity (Wildman–Crippen MR) is 76.0 cm³/mol. The van der Waals surface area contributed by atoms with E-state index in [0.717, 1.165) is 25.8 Å². The van der Waals surface area contributed by atoms with Crippen LogP contribution >= 0.6 is 11.3 Å². The van der Waals surface area contributed by atoms with E-state index in [1.165, 1.54) is 15.3 Å². The summed E-state index contributed by atoms with van der Waals surface area (Å²) in [5.41, 5.74) is 1.33. The first-order chi connectivity index (χ1) is 8.58. The normalized spacial score (nSPS) is 22.4. The highest BCUT2D eigenvalue weighted by Gasteiger charge is 2.23. The standard InChI is InChI=1S/C14H22N2OS/c1-9-8-12(11(3)18-9)10(2)16-13-6-4-5-7-15-14(13)17/h8,10,13,16H,4-7H2,1-3H3,(H,15,17). The summed E-state index contributed by atoms with van der Waals surface area (Å²) in [7, 11) is 0. The number of rotatable bonds is 3. The molecule has 2 atom stereocenters. The maximum Gasteiger partial charge on any atom is 0.237 e. The third-order valence-corrected chi connectivity index (χ3v) is 4.51. The van der Waals surface area contributed by atoms with E-state index in [9.17, 15) is 4.79 Å². The van der Waals surface area contributed by atoms with E-state index in [0.29, 0.717) is 0 Å². The first kappa shape index (κ1) is 13.6. The first-order valence-electron chi connectivity index (χ1n) is 6.68. The lowest BCUT2D eigenvalue weighted by Crippen LogP contribution is -2.43. The van der Waals surface area contributed by atoms with Crippen molar-refractivity contribution in [3.63, 3.8) is 0 Å². The van der Waals surface area contributed by atoms with E-state index in [2.05, 4.69) is 37.5 Å². The van der Waals surface area contributed by atoms with Gasteiger partial charge in [-0.3, -0.25) is 10.1 Å². The van der Waals surface area contributed by atoms with Gasteiger partial charge in [-0.15, -0.1) is 11.3 Å². The van der Waals surface area contributed by atoms with Gasteiger partial charge in [-0.1, -0.05) is 0 Å². The molecule has 1 aliphatic rings. The largest absolute Gasteiger partial charge is 0.355 e. The minimum absolute atomic E-state index is 0.0397. The Balaban J connectivity index is 2.03. The van der Waals surface area contributed by atoms with Crippen molar-refractivity contribution < 1.29 is 4.79 Å². The van der Waals surface area contributed by atoms with Crippen LogP contribution in [-0.2, 0) is 4.79 Å². The third-order valence-electron chi connectivity index (χ3n) is 3.53. The molecule has 3 nitrogen and oxygen atoms in total. The Kier molecular flexibility index (Phi) is 4.40. The number of aryl methyl sites for hydroxylation is 2. The monoisotopic (exact) mass is 266 g/mol. The van der Waals surface area contributed by atoms with Crippen LogP contribution in [0.15, 0.2) is 6.07 Å². The molecule has 2 heterocycles. The zero-order chi connectivity index (χ0) is 13.1. The Bertz CT molecular complexity index is 427. The molecule has 0 aromatic carbocycles. The van der Waals surface area contributed by atoms with Gasteiger partial charge in [-0.05, 0) is 51.7 Å². The fourth-order valence-electron chi connectivity index (χ4n) is 2.57. The van der Waals surface area contributed by atoms with Gasteiger partial charge < -0.3 is 5.32 Å². The minimum atomic E-state index is -0.0397. The van der Waals surface area contributed by atoms with E-state index in [1.54, 1.807) is 0 Å². The number of carbonyl (C=O) groups excluding carboxylic acids is 1. The quantitative estimate of drug-likeness (QED) is 0.883. The van der Waals surface area contributed by atoms with Gasteiger partial charge in [-0.25, -0.2) is 0 Å². The molecule has 2 rings (SSSR count). The van der Waals surface area contributed by atoms with Crippen molar-refractivity contribution in [2.45, 2.75) is 52.1 Å². The van der Waals surface area contributed by atoms with Gasteiger partial charge in [0.15, 0.2) is 0 Å². The maximum atomic E-state index is 11.9. The molecular weight excluding hydrogens is 244 g/mol. The SMILES string of the molecule is Cc1cc(C(C)NC2CCCCNC2=O)c(C)s1. The van der Waals surface area contributed by atoms with E-state index >= 15 is 0 Å². The van der Waals surface area contributed by atoms with Gasteiger partial charge in [-0.2, -0.15) is 0 Å². The van der Waals surface area contributed by atoms with Crippen molar-refractivity contribution in [3.8, 4) is 0 Å². The van der Waals surface area contributed by atoms with Crippen LogP contribution in [0.25, 0.3) is 0 Å².